The van der Waals surface area contributed by atoms with E-state index >= 15 is 0 Å². The number of carbonyl (C=O) groups excluding carboxylic acids is 1. The van der Waals surface area contributed by atoms with Crippen molar-refractivity contribution in [1.29, 1.82) is 0 Å². The third kappa shape index (κ3) is 4.87. The monoisotopic (exact) mass is 353 g/mol. The van der Waals surface area contributed by atoms with Gasteiger partial charge in [0.05, 0.1) is 23.9 Å². The fraction of sp³-hybridized carbons (Fsp3) is 0.467. The van der Waals surface area contributed by atoms with Crippen LogP contribution < -0.4 is 5.43 Å². The molecule has 1 N–H and O–H groups in total. The molecule has 0 bridgehead atoms. The van der Waals surface area contributed by atoms with Gasteiger partial charge in [-0.05, 0) is 19.8 Å². The minimum absolute atomic E-state index is 0.209. The summed E-state index contributed by atoms with van der Waals surface area (Å²) < 4.78 is 1.75. The van der Waals surface area contributed by atoms with Crippen molar-refractivity contribution in [3.63, 3.8) is 0 Å². The van der Waals surface area contributed by atoms with Crippen molar-refractivity contribution >= 4 is 35.1 Å². The summed E-state index contributed by atoms with van der Waals surface area (Å²) in [6.07, 6.45) is 1.75. The Morgan fingerprint density at radius 2 is 2.26 bits per heavy atom. The van der Waals surface area contributed by atoms with Crippen molar-refractivity contribution in [1.82, 2.24) is 20.2 Å². The zero-order valence-electron chi connectivity index (χ0n) is 13.6. The first-order valence-electron chi connectivity index (χ1n) is 7.32. The van der Waals surface area contributed by atoms with Crippen molar-refractivity contribution in [3.8, 4) is 0 Å². The van der Waals surface area contributed by atoms with Gasteiger partial charge < -0.3 is 0 Å². The predicted octanol–water partition coefficient (Wildman–Crippen LogP) is 2.96. The number of nitrogens with zero attached hydrogens (tertiary/aromatic N) is 4. The average Bonchev–Trinajstić information content (AvgIpc) is 2.96. The molecule has 2 rings (SSSR count). The number of hydrogen-bond acceptors (Lipinski definition) is 5. The van der Waals surface area contributed by atoms with E-state index in [2.05, 4.69) is 34.5 Å². The van der Waals surface area contributed by atoms with Gasteiger partial charge in [-0.3, -0.25) is 9.48 Å². The fourth-order valence-corrected chi connectivity index (χ4v) is 3.07. The second-order valence-corrected chi connectivity index (χ2v) is 7.02. The summed E-state index contributed by atoms with van der Waals surface area (Å²) in [5.74, 6) is 0.233. The average molecular weight is 354 g/mol. The fourth-order valence-electron chi connectivity index (χ4n) is 2.01. The number of carbonyl (C=O) groups is 1. The molecule has 124 valence electrons. The molecule has 0 radical (unpaired) electrons. The number of aromatic nitrogens is 3. The number of amides is 1. The van der Waals surface area contributed by atoms with Gasteiger partial charge in [0, 0.05) is 17.6 Å². The summed E-state index contributed by atoms with van der Waals surface area (Å²) in [5, 5.41) is 11.6. The van der Waals surface area contributed by atoms with Crippen LogP contribution >= 0.6 is 22.9 Å². The van der Waals surface area contributed by atoms with Crippen LogP contribution in [0.2, 0.25) is 5.15 Å². The van der Waals surface area contributed by atoms with E-state index in [-0.39, 0.29) is 12.3 Å². The molecule has 0 saturated carbocycles. The minimum atomic E-state index is -0.209. The molecule has 0 atom stereocenters. The van der Waals surface area contributed by atoms with Crippen LogP contribution in [0.1, 0.15) is 35.8 Å². The van der Waals surface area contributed by atoms with Crippen molar-refractivity contribution in [3.05, 3.63) is 32.5 Å². The largest absolute Gasteiger partial charge is 0.273 e. The number of hydrogen-bond donors (Lipinski definition) is 1. The molecule has 0 aliphatic rings. The van der Waals surface area contributed by atoms with Gasteiger partial charge in [0.1, 0.15) is 10.2 Å². The molecule has 0 aliphatic heterocycles. The lowest BCUT2D eigenvalue weighted by molar-refractivity contribution is -0.120. The van der Waals surface area contributed by atoms with E-state index in [9.17, 15) is 4.79 Å². The number of nitrogens with one attached hydrogen (secondary N) is 1. The van der Waals surface area contributed by atoms with Gasteiger partial charge in [0.25, 0.3) is 0 Å². The molecule has 0 fully saturated rings. The van der Waals surface area contributed by atoms with Crippen LogP contribution in [0.25, 0.3) is 0 Å². The van der Waals surface area contributed by atoms with Gasteiger partial charge in [0.2, 0.25) is 5.91 Å². The smallest absolute Gasteiger partial charge is 0.246 e. The Kier molecular flexibility index (Phi) is 5.90. The molecule has 6 nitrogen and oxygen atoms in total. The molecule has 0 spiro atoms. The summed E-state index contributed by atoms with van der Waals surface area (Å²) in [6, 6.07) is 0. The van der Waals surface area contributed by atoms with Crippen LogP contribution in [0.15, 0.2) is 10.5 Å². The second kappa shape index (κ2) is 7.70. The second-order valence-electron chi connectivity index (χ2n) is 5.72. The van der Waals surface area contributed by atoms with E-state index in [1.165, 1.54) is 17.6 Å². The highest BCUT2D eigenvalue weighted by molar-refractivity contribution is 7.09. The molecule has 0 unspecified atom stereocenters. The van der Waals surface area contributed by atoms with Gasteiger partial charge in [0.15, 0.2) is 0 Å². The first-order valence-corrected chi connectivity index (χ1v) is 8.58. The van der Waals surface area contributed by atoms with Crippen molar-refractivity contribution < 1.29 is 4.79 Å². The lowest BCUT2D eigenvalue weighted by Crippen LogP contribution is -2.19. The van der Waals surface area contributed by atoms with E-state index in [0.29, 0.717) is 11.1 Å². The van der Waals surface area contributed by atoms with E-state index in [1.54, 1.807) is 4.68 Å². The highest BCUT2D eigenvalue weighted by Crippen LogP contribution is 2.19. The first-order chi connectivity index (χ1) is 10.9. The van der Waals surface area contributed by atoms with Gasteiger partial charge >= 0.3 is 0 Å². The third-order valence-electron chi connectivity index (χ3n) is 3.01. The number of hydrazone groups is 1. The maximum absolute atomic E-state index is 11.8. The van der Waals surface area contributed by atoms with Crippen LogP contribution in [0.3, 0.4) is 0 Å². The van der Waals surface area contributed by atoms with E-state index in [1.807, 2.05) is 19.2 Å². The maximum Gasteiger partial charge on any atom is 0.246 e. The molecular weight excluding hydrogens is 334 g/mol. The highest BCUT2D eigenvalue weighted by atomic mass is 35.5. The van der Waals surface area contributed by atoms with Crippen molar-refractivity contribution in [2.24, 2.45) is 11.0 Å². The predicted molar refractivity (Wildman–Crippen MR) is 93.1 cm³/mol. The van der Waals surface area contributed by atoms with Crippen LogP contribution in [0, 0.1) is 19.8 Å². The zero-order valence-corrected chi connectivity index (χ0v) is 15.2. The normalized spacial score (nSPS) is 11.6. The Bertz CT molecular complexity index is 720. The minimum Gasteiger partial charge on any atom is -0.273 e. The summed E-state index contributed by atoms with van der Waals surface area (Å²) >= 11 is 7.77. The molecule has 2 aromatic heterocycles. The molecular formula is C15H20ClN5OS. The van der Waals surface area contributed by atoms with Crippen LogP contribution in [-0.2, 0) is 17.8 Å². The van der Waals surface area contributed by atoms with Gasteiger partial charge in [-0.1, -0.05) is 25.4 Å². The Balaban J connectivity index is 1.97. The molecule has 0 aromatic carbocycles. The number of halogens is 1. The summed E-state index contributed by atoms with van der Waals surface area (Å²) in [6.45, 7) is 8.70. The quantitative estimate of drug-likeness (QED) is 0.641. The maximum atomic E-state index is 11.8. The highest BCUT2D eigenvalue weighted by Gasteiger charge is 2.12. The van der Waals surface area contributed by atoms with Crippen LogP contribution in [0.4, 0.5) is 0 Å². The Hall–Kier alpha value is -1.73. The molecule has 2 aromatic rings. The molecule has 2 heterocycles. The first kappa shape index (κ1) is 17.6. The van der Waals surface area contributed by atoms with Gasteiger partial charge in [-0.25, -0.2) is 10.4 Å². The van der Waals surface area contributed by atoms with E-state index in [0.717, 1.165) is 28.5 Å². The Morgan fingerprint density at radius 3 is 2.87 bits per heavy atom. The summed E-state index contributed by atoms with van der Waals surface area (Å²) in [4.78, 5) is 16.1. The lowest BCUT2D eigenvalue weighted by atomic mass is 10.2. The van der Waals surface area contributed by atoms with Crippen LogP contribution in [-0.4, -0.2) is 26.9 Å². The molecule has 8 heteroatoms. The number of thiazole rings is 1. The SMILES string of the molecule is Cc1csc(CC(=O)N/N=C\c2c(C)nn(CC(C)C)c2Cl)n1. The molecule has 0 saturated heterocycles. The summed E-state index contributed by atoms with van der Waals surface area (Å²) in [5.41, 5.74) is 4.91. The van der Waals surface area contributed by atoms with Gasteiger partial charge in [-0.15, -0.1) is 11.3 Å². The van der Waals surface area contributed by atoms with Crippen LogP contribution in [0.5, 0.6) is 0 Å². The standard InChI is InChI=1S/C15H20ClN5OS/c1-9(2)7-21-15(16)12(11(4)20-21)6-17-19-13(22)5-14-18-10(3)8-23-14/h6,8-9H,5,7H2,1-4H3,(H,19,22)/b17-6-. The van der Waals surface area contributed by atoms with E-state index < -0.39 is 0 Å². The molecule has 1 amide bonds. The number of aryl methyl sites for hydroxylation is 2. The Morgan fingerprint density at radius 1 is 1.52 bits per heavy atom. The van der Waals surface area contributed by atoms with Crippen molar-refractivity contribution in [2.45, 2.75) is 40.7 Å². The number of rotatable bonds is 6. The summed E-state index contributed by atoms with van der Waals surface area (Å²) in [7, 11) is 0. The topological polar surface area (TPSA) is 72.2 Å². The van der Waals surface area contributed by atoms with Crippen molar-refractivity contribution in [2.75, 3.05) is 0 Å². The lowest BCUT2D eigenvalue weighted by Gasteiger charge is -2.05. The van der Waals surface area contributed by atoms with Gasteiger partial charge in [-0.2, -0.15) is 10.2 Å². The molecule has 0 aliphatic carbocycles. The Labute approximate surface area is 144 Å². The molecule has 23 heavy (non-hydrogen) atoms. The zero-order chi connectivity index (χ0) is 17.0. The van der Waals surface area contributed by atoms with E-state index in [4.69, 9.17) is 11.6 Å². The third-order valence-corrected chi connectivity index (χ3v) is 4.37.